The van der Waals surface area contributed by atoms with Gasteiger partial charge < -0.3 is 24.4 Å². The molecule has 0 aromatic carbocycles. The largest absolute Gasteiger partial charge is 0.477 e. The highest BCUT2D eigenvalue weighted by Gasteiger charge is 2.44. The number of fused-ring (bicyclic) bond motifs is 2. The Morgan fingerprint density at radius 1 is 1.36 bits per heavy atom. The standard InChI is InChI=1S/C20H28N2O5S/c1-26-11-9-21-6-2-15(13-21)18(23)22-7-4-20(5-8-22)17-14(3-10-27-20)12-16(28-17)19(24)25/h12,15H,2-11,13H2,1H3,(H,24,25). The second-order valence-corrected chi connectivity index (χ2v) is 9.02. The molecule has 154 valence electrons. The molecule has 2 saturated heterocycles. The minimum Gasteiger partial charge on any atom is -0.477 e. The lowest BCUT2D eigenvalue weighted by molar-refractivity contribution is -0.144. The van der Waals surface area contributed by atoms with Crippen LogP contribution in [0.2, 0.25) is 0 Å². The fraction of sp³-hybridized carbons (Fsp3) is 0.700. The van der Waals surface area contributed by atoms with E-state index < -0.39 is 11.6 Å². The molecular weight excluding hydrogens is 380 g/mol. The third-order valence-corrected chi connectivity index (χ3v) is 7.65. The van der Waals surface area contributed by atoms with Crippen LogP contribution in [0.15, 0.2) is 6.07 Å². The summed E-state index contributed by atoms with van der Waals surface area (Å²) in [4.78, 5) is 30.1. The molecule has 4 heterocycles. The Morgan fingerprint density at radius 3 is 2.86 bits per heavy atom. The molecule has 1 amide bonds. The Labute approximate surface area is 169 Å². The summed E-state index contributed by atoms with van der Waals surface area (Å²) in [5.74, 6) is -0.543. The van der Waals surface area contributed by atoms with Crippen LogP contribution in [0.25, 0.3) is 0 Å². The van der Waals surface area contributed by atoms with Crippen LogP contribution in [0, 0.1) is 5.92 Å². The first kappa shape index (κ1) is 19.8. The zero-order valence-electron chi connectivity index (χ0n) is 16.3. The maximum absolute atomic E-state index is 13.0. The first-order valence-electron chi connectivity index (χ1n) is 10.0. The number of piperidine rings is 1. The average molecular weight is 409 g/mol. The number of carbonyl (C=O) groups excluding carboxylic acids is 1. The molecule has 1 atom stereocenters. The van der Waals surface area contributed by atoms with Crippen LogP contribution < -0.4 is 0 Å². The molecule has 0 radical (unpaired) electrons. The van der Waals surface area contributed by atoms with Gasteiger partial charge in [0, 0.05) is 38.2 Å². The second-order valence-electron chi connectivity index (χ2n) is 7.97. The molecule has 1 spiro atoms. The molecule has 3 aliphatic rings. The van der Waals surface area contributed by atoms with E-state index in [9.17, 15) is 14.7 Å². The number of nitrogens with zero attached hydrogens (tertiary/aromatic N) is 2. The van der Waals surface area contributed by atoms with Crippen molar-refractivity contribution in [2.75, 3.05) is 53.0 Å². The topological polar surface area (TPSA) is 79.3 Å². The smallest absolute Gasteiger partial charge is 0.345 e. The number of aromatic carboxylic acids is 1. The lowest BCUT2D eigenvalue weighted by Crippen LogP contribution is -2.49. The van der Waals surface area contributed by atoms with E-state index in [0.717, 1.165) is 55.8 Å². The third-order valence-electron chi connectivity index (χ3n) is 6.30. The fourth-order valence-corrected chi connectivity index (χ4v) is 5.95. The van der Waals surface area contributed by atoms with Crippen LogP contribution in [0.1, 0.15) is 39.4 Å². The quantitative estimate of drug-likeness (QED) is 0.801. The number of likely N-dealkylation sites (tertiary alicyclic amines) is 2. The Balaban J connectivity index is 1.39. The molecule has 0 saturated carbocycles. The molecule has 1 aromatic rings. The van der Waals surface area contributed by atoms with Gasteiger partial charge in [0.2, 0.25) is 5.91 Å². The van der Waals surface area contributed by atoms with Crippen molar-refractivity contribution in [3.8, 4) is 0 Å². The van der Waals surface area contributed by atoms with Crippen molar-refractivity contribution in [3.05, 3.63) is 21.4 Å². The summed E-state index contributed by atoms with van der Waals surface area (Å²) in [6.45, 7) is 5.32. The molecule has 8 heteroatoms. The molecule has 4 rings (SSSR count). The Morgan fingerprint density at radius 2 is 2.14 bits per heavy atom. The van der Waals surface area contributed by atoms with E-state index in [-0.39, 0.29) is 11.8 Å². The minimum absolute atomic E-state index is 0.0779. The highest BCUT2D eigenvalue weighted by atomic mass is 32.1. The molecule has 1 N–H and O–H groups in total. The summed E-state index contributed by atoms with van der Waals surface area (Å²) in [5.41, 5.74) is 0.695. The van der Waals surface area contributed by atoms with E-state index >= 15 is 0 Å². The third kappa shape index (κ3) is 3.70. The van der Waals surface area contributed by atoms with Gasteiger partial charge in [0.15, 0.2) is 0 Å². The van der Waals surface area contributed by atoms with Crippen LogP contribution in [0.3, 0.4) is 0 Å². The van der Waals surface area contributed by atoms with Gasteiger partial charge in [0.05, 0.1) is 19.1 Å². The van der Waals surface area contributed by atoms with E-state index in [0.29, 0.717) is 31.2 Å². The van der Waals surface area contributed by atoms with Gasteiger partial charge in [-0.2, -0.15) is 0 Å². The first-order valence-corrected chi connectivity index (χ1v) is 10.8. The zero-order valence-corrected chi connectivity index (χ0v) is 17.1. The second kappa shape index (κ2) is 8.10. The normalized spacial score (nSPS) is 24.5. The summed E-state index contributed by atoms with van der Waals surface area (Å²) >= 11 is 1.35. The highest BCUT2D eigenvalue weighted by molar-refractivity contribution is 7.14. The van der Waals surface area contributed by atoms with Crippen molar-refractivity contribution >= 4 is 23.2 Å². The lowest BCUT2D eigenvalue weighted by Gasteiger charge is -2.44. The average Bonchev–Trinajstić information content (AvgIpc) is 3.35. The van der Waals surface area contributed by atoms with Crippen molar-refractivity contribution in [1.29, 1.82) is 0 Å². The molecule has 0 bridgehead atoms. The van der Waals surface area contributed by atoms with Gasteiger partial charge in [-0.25, -0.2) is 4.79 Å². The number of hydrogen-bond acceptors (Lipinski definition) is 6. The van der Waals surface area contributed by atoms with Crippen molar-refractivity contribution in [2.45, 2.75) is 31.3 Å². The van der Waals surface area contributed by atoms with Gasteiger partial charge in [-0.15, -0.1) is 11.3 Å². The number of ether oxygens (including phenoxy) is 2. The summed E-state index contributed by atoms with van der Waals surface area (Å²) in [7, 11) is 1.70. The van der Waals surface area contributed by atoms with Crippen LogP contribution in [0.4, 0.5) is 0 Å². The van der Waals surface area contributed by atoms with E-state index in [4.69, 9.17) is 9.47 Å². The Kier molecular flexibility index (Phi) is 5.73. The van der Waals surface area contributed by atoms with Gasteiger partial charge in [0.1, 0.15) is 10.5 Å². The molecule has 1 unspecified atom stereocenters. The summed E-state index contributed by atoms with van der Waals surface area (Å²) in [6.07, 6.45) is 3.16. The van der Waals surface area contributed by atoms with Gasteiger partial charge in [-0.1, -0.05) is 0 Å². The van der Waals surface area contributed by atoms with E-state index in [1.165, 1.54) is 11.3 Å². The number of carboxylic acid groups (broad SMARTS) is 1. The number of methoxy groups -OCH3 is 1. The predicted octanol–water partition coefficient (Wildman–Crippen LogP) is 1.81. The molecule has 2 fully saturated rings. The van der Waals surface area contributed by atoms with Gasteiger partial charge in [-0.3, -0.25) is 4.79 Å². The number of carboxylic acids is 1. The van der Waals surface area contributed by atoms with Crippen molar-refractivity contribution < 1.29 is 24.2 Å². The number of amides is 1. The van der Waals surface area contributed by atoms with E-state index in [1.807, 2.05) is 4.90 Å². The zero-order chi connectivity index (χ0) is 19.7. The minimum atomic E-state index is -0.874. The van der Waals surface area contributed by atoms with E-state index in [2.05, 4.69) is 4.90 Å². The van der Waals surface area contributed by atoms with Crippen LogP contribution >= 0.6 is 11.3 Å². The maximum Gasteiger partial charge on any atom is 0.345 e. The predicted molar refractivity (Wildman–Crippen MR) is 105 cm³/mol. The van der Waals surface area contributed by atoms with E-state index in [1.54, 1.807) is 13.2 Å². The number of carbonyl (C=O) groups is 2. The molecule has 28 heavy (non-hydrogen) atoms. The van der Waals surface area contributed by atoms with Gasteiger partial charge in [0.25, 0.3) is 0 Å². The molecule has 3 aliphatic heterocycles. The number of rotatable bonds is 5. The first-order chi connectivity index (χ1) is 13.5. The van der Waals surface area contributed by atoms with Crippen LogP contribution in [-0.4, -0.2) is 79.8 Å². The summed E-state index contributed by atoms with van der Waals surface area (Å²) in [6, 6.07) is 1.80. The van der Waals surface area contributed by atoms with Crippen molar-refractivity contribution in [2.24, 2.45) is 5.92 Å². The molecular formula is C20H28N2O5S. The maximum atomic E-state index is 13.0. The molecule has 0 aliphatic carbocycles. The van der Waals surface area contributed by atoms with Gasteiger partial charge >= 0.3 is 5.97 Å². The van der Waals surface area contributed by atoms with Crippen LogP contribution in [-0.2, 0) is 26.3 Å². The highest BCUT2D eigenvalue weighted by Crippen LogP contribution is 2.45. The SMILES string of the molecule is COCCN1CCC(C(=O)N2CCC3(CC2)OCCc2cc(C(=O)O)sc23)C1. The molecule has 1 aromatic heterocycles. The number of thiophene rings is 1. The lowest BCUT2D eigenvalue weighted by atomic mass is 9.85. The Bertz CT molecular complexity index is 741. The van der Waals surface area contributed by atoms with Crippen LogP contribution in [0.5, 0.6) is 0 Å². The monoisotopic (exact) mass is 408 g/mol. The van der Waals surface area contributed by atoms with Crippen molar-refractivity contribution in [3.63, 3.8) is 0 Å². The Hall–Kier alpha value is -1.48. The van der Waals surface area contributed by atoms with Gasteiger partial charge in [-0.05, 0) is 43.9 Å². The summed E-state index contributed by atoms with van der Waals surface area (Å²) in [5, 5.41) is 9.34. The van der Waals surface area contributed by atoms with Crippen molar-refractivity contribution in [1.82, 2.24) is 9.80 Å². The fourth-order valence-electron chi connectivity index (χ4n) is 4.70. The summed E-state index contributed by atoms with van der Waals surface area (Å²) < 4.78 is 11.3. The number of hydrogen-bond donors (Lipinski definition) is 1. The molecule has 7 nitrogen and oxygen atoms in total.